The first kappa shape index (κ1) is 14.6. The van der Waals surface area contributed by atoms with Gasteiger partial charge in [-0.05, 0) is 47.9 Å². The number of anilines is 1. The number of nitrogens with one attached hydrogen (secondary N) is 2. The Balaban J connectivity index is 1.67. The van der Waals surface area contributed by atoms with E-state index in [2.05, 4.69) is 10.6 Å². The molecule has 0 saturated heterocycles. The minimum Gasteiger partial charge on any atom is -0.348 e. The molecule has 0 atom stereocenters. The van der Waals surface area contributed by atoms with Gasteiger partial charge in [0, 0.05) is 29.2 Å². The summed E-state index contributed by atoms with van der Waals surface area (Å²) in [7, 11) is 0. The normalized spacial score (nSPS) is 13.2. The predicted molar refractivity (Wildman–Crippen MR) is 86.0 cm³/mol. The largest absolute Gasteiger partial charge is 0.348 e. The summed E-state index contributed by atoms with van der Waals surface area (Å²) in [6.45, 7) is 0.448. The maximum Gasteiger partial charge on any atom is 0.251 e. The lowest BCUT2D eigenvalue weighted by Gasteiger charge is -2.17. The molecule has 0 fully saturated rings. The Labute approximate surface area is 133 Å². The van der Waals surface area contributed by atoms with Crippen molar-refractivity contribution in [2.24, 2.45) is 0 Å². The van der Waals surface area contributed by atoms with Gasteiger partial charge in [-0.1, -0.05) is 23.7 Å². The molecule has 0 bridgehead atoms. The van der Waals surface area contributed by atoms with Crippen molar-refractivity contribution in [1.29, 1.82) is 0 Å². The number of carbonyl (C=O) groups is 2. The highest BCUT2D eigenvalue weighted by atomic mass is 35.5. The Morgan fingerprint density at radius 2 is 1.91 bits per heavy atom. The summed E-state index contributed by atoms with van der Waals surface area (Å²) in [5, 5.41) is 6.36. The lowest BCUT2D eigenvalue weighted by atomic mass is 10.00. The zero-order chi connectivity index (χ0) is 15.5. The van der Waals surface area contributed by atoms with Gasteiger partial charge < -0.3 is 10.6 Å². The lowest BCUT2D eigenvalue weighted by molar-refractivity contribution is -0.116. The summed E-state index contributed by atoms with van der Waals surface area (Å²) >= 11 is 5.83. The van der Waals surface area contributed by atoms with Crippen LogP contribution in [0.3, 0.4) is 0 Å². The van der Waals surface area contributed by atoms with Crippen LogP contribution in [0.25, 0.3) is 0 Å². The molecular weight excluding hydrogens is 300 g/mol. The molecule has 1 aliphatic rings. The van der Waals surface area contributed by atoms with E-state index >= 15 is 0 Å². The summed E-state index contributed by atoms with van der Waals surface area (Å²) in [6, 6.07) is 12.7. The highest BCUT2D eigenvalue weighted by Gasteiger charge is 2.16. The van der Waals surface area contributed by atoms with Crippen LogP contribution in [-0.4, -0.2) is 11.8 Å². The molecule has 3 rings (SSSR count). The molecule has 1 heterocycles. The third-order valence-electron chi connectivity index (χ3n) is 3.63. The Kier molecular flexibility index (Phi) is 4.11. The molecule has 2 aromatic carbocycles. The molecule has 2 aromatic rings. The number of hydrogen-bond donors (Lipinski definition) is 2. The maximum absolute atomic E-state index is 12.2. The van der Waals surface area contributed by atoms with Crippen molar-refractivity contribution in [3.05, 3.63) is 64.2 Å². The van der Waals surface area contributed by atoms with Gasteiger partial charge in [0.2, 0.25) is 5.91 Å². The van der Waals surface area contributed by atoms with E-state index in [4.69, 9.17) is 11.6 Å². The van der Waals surface area contributed by atoms with Gasteiger partial charge in [-0.3, -0.25) is 9.59 Å². The van der Waals surface area contributed by atoms with Crippen LogP contribution in [0.2, 0.25) is 5.02 Å². The Morgan fingerprint density at radius 1 is 1.14 bits per heavy atom. The van der Waals surface area contributed by atoms with Crippen LogP contribution in [0.15, 0.2) is 42.5 Å². The number of rotatable bonds is 3. The van der Waals surface area contributed by atoms with E-state index in [9.17, 15) is 9.59 Å². The minimum atomic E-state index is -0.130. The predicted octanol–water partition coefficient (Wildman–Crippen LogP) is 3.15. The number of carbonyl (C=O) groups excluding carboxylic acids is 2. The Morgan fingerprint density at radius 3 is 2.68 bits per heavy atom. The van der Waals surface area contributed by atoms with E-state index < -0.39 is 0 Å². The van der Waals surface area contributed by atoms with Crippen molar-refractivity contribution < 1.29 is 9.59 Å². The van der Waals surface area contributed by atoms with Crippen molar-refractivity contribution in [1.82, 2.24) is 5.32 Å². The van der Waals surface area contributed by atoms with Gasteiger partial charge in [0.15, 0.2) is 0 Å². The lowest BCUT2D eigenvalue weighted by Crippen LogP contribution is -2.24. The average Bonchev–Trinajstić information content (AvgIpc) is 2.53. The molecule has 5 heteroatoms. The van der Waals surface area contributed by atoms with Gasteiger partial charge in [0.1, 0.15) is 0 Å². The molecule has 2 amide bonds. The van der Waals surface area contributed by atoms with Crippen LogP contribution in [-0.2, 0) is 17.8 Å². The first-order valence-corrected chi connectivity index (χ1v) is 7.45. The van der Waals surface area contributed by atoms with Crippen LogP contribution in [0, 0.1) is 0 Å². The number of aryl methyl sites for hydroxylation is 1. The molecular formula is C17H15ClN2O2. The van der Waals surface area contributed by atoms with Gasteiger partial charge in [-0.2, -0.15) is 0 Å². The molecule has 4 nitrogen and oxygen atoms in total. The van der Waals surface area contributed by atoms with Crippen LogP contribution in [0.1, 0.15) is 27.9 Å². The smallest absolute Gasteiger partial charge is 0.251 e. The first-order valence-electron chi connectivity index (χ1n) is 7.07. The fraction of sp³-hybridized carbons (Fsp3) is 0.176. The standard InChI is InChI=1S/C17H15ClN2O2/c18-14-5-1-11(2-6-14)10-19-17(22)13-3-7-15-12(9-13)4-8-16(21)20-15/h1-3,5-7,9H,4,8,10H2,(H,19,22)(H,20,21). The van der Waals surface area contributed by atoms with Crippen LogP contribution in [0.5, 0.6) is 0 Å². The summed E-state index contributed by atoms with van der Waals surface area (Å²) in [6.07, 6.45) is 1.13. The summed E-state index contributed by atoms with van der Waals surface area (Å²) in [5.41, 5.74) is 3.39. The Bertz CT molecular complexity index is 726. The van der Waals surface area contributed by atoms with Gasteiger partial charge >= 0.3 is 0 Å². The van der Waals surface area contributed by atoms with Crippen molar-refractivity contribution >= 4 is 29.1 Å². The molecule has 112 valence electrons. The van der Waals surface area contributed by atoms with Crippen molar-refractivity contribution in [3.63, 3.8) is 0 Å². The zero-order valence-electron chi connectivity index (χ0n) is 11.9. The summed E-state index contributed by atoms with van der Waals surface area (Å²) in [4.78, 5) is 23.5. The molecule has 0 spiro atoms. The number of amides is 2. The average molecular weight is 315 g/mol. The van der Waals surface area contributed by atoms with E-state index in [1.54, 1.807) is 24.3 Å². The number of benzene rings is 2. The van der Waals surface area contributed by atoms with E-state index in [1.165, 1.54) is 0 Å². The molecule has 0 aromatic heterocycles. The molecule has 2 N–H and O–H groups in total. The quantitative estimate of drug-likeness (QED) is 0.914. The summed E-state index contributed by atoms with van der Waals surface area (Å²) in [5.74, 6) is -0.109. The molecule has 1 aliphatic heterocycles. The van der Waals surface area contributed by atoms with Crippen LogP contribution >= 0.6 is 11.6 Å². The molecule has 0 radical (unpaired) electrons. The van der Waals surface area contributed by atoms with Crippen LogP contribution in [0.4, 0.5) is 5.69 Å². The van der Waals surface area contributed by atoms with Gasteiger partial charge in [0.05, 0.1) is 0 Å². The van der Waals surface area contributed by atoms with Crippen molar-refractivity contribution in [2.75, 3.05) is 5.32 Å². The third-order valence-corrected chi connectivity index (χ3v) is 3.88. The minimum absolute atomic E-state index is 0.0208. The molecule has 0 unspecified atom stereocenters. The second kappa shape index (κ2) is 6.20. The zero-order valence-corrected chi connectivity index (χ0v) is 12.6. The highest BCUT2D eigenvalue weighted by Crippen LogP contribution is 2.23. The summed E-state index contributed by atoms with van der Waals surface area (Å²) < 4.78 is 0. The fourth-order valence-electron chi connectivity index (χ4n) is 2.41. The first-order chi connectivity index (χ1) is 10.6. The molecule has 0 saturated carbocycles. The van der Waals surface area contributed by atoms with E-state index in [-0.39, 0.29) is 11.8 Å². The van der Waals surface area contributed by atoms with Gasteiger partial charge in [-0.25, -0.2) is 0 Å². The number of halogens is 1. The molecule has 0 aliphatic carbocycles. The maximum atomic E-state index is 12.2. The van der Waals surface area contributed by atoms with Gasteiger partial charge in [0.25, 0.3) is 5.91 Å². The van der Waals surface area contributed by atoms with Crippen molar-refractivity contribution in [2.45, 2.75) is 19.4 Å². The van der Waals surface area contributed by atoms with E-state index in [0.717, 1.165) is 16.8 Å². The highest BCUT2D eigenvalue weighted by molar-refractivity contribution is 6.30. The topological polar surface area (TPSA) is 58.2 Å². The second-order valence-corrected chi connectivity index (χ2v) is 5.67. The molecule has 22 heavy (non-hydrogen) atoms. The SMILES string of the molecule is O=C1CCc2cc(C(=O)NCc3ccc(Cl)cc3)ccc2N1. The van der Waals surface area contributed by atoms with Crippen molar-refractivity contribution in [3.8, 4) is 0 Å². The number of fused-ring (bicyclic) bond motifs is 1. The number of hydrogen-bond acceptors (Lipinski definition) is 2. The Hall–Kier alpha value is -2.33. The van der Waals surface area contributed by atoms with E-state index in [1.807, 2.05) is 18.2 Å². The van der Waals surface area contributed by atoms with Crippen LogP contribution < -0.4 is 10.6 Å². The van der Waals surface area contributed by atoms with E-state index in [0.29, 0.717) is 30.0 Å². The monoisotopic (exact) mass is 314 g/mol. The third kappa shape index (κ3) is 3.28. The second-order valence-electron chi connectivity index (χ2n) is 5.23. The van der Waals surface area contributed by atoms with Gasteiger partial charge in [-0.15, -0.1) is 0 Å². The fourth-order valence-corrected chi connectivity index (χ4v) is 2.54.